The Labute approximate surface area is 174 Å². The van der Waals surface area contributed by atoms with Crippen molar-refractivity contribution in [1.29, 1.82) is 0 Å². The number of nitrogens with one attached hydrogen (secondary N) is 3. The van der Waals surface area contributed by atoms with Crippen LogP contribution in [0.4, 0.5) is 11.6 Å². The highest BCUT2D eigenvalue weighted by Crippen LogP contribution is 2.31. The molecule has 3 aromatic heterocycles. The second-order valence-electron chi connectivity index (χ2n) is 7.79. The number of hydrogen-bond acceptors (Lipinski definition) is 7. The van der Waals surface area contributed by atoms with Crippen LogP contribution in [0.3, 0.4) is 0 Å². The minimum atomic E-state index is -0.0495. The summed E-state index contributed by atoms with van der Waals surface area (Å²) in [6.45, 7) is 5.81. The fourth-order valence-electron chi connectivity index (χ4n) is 4.03. The van der Waals surface area contributed by atoms with Crippen molar-refractivity contribution < 1.29 is 4.74 Å². The second-order valence-corrected chi connectivity index (χ2v) is 7.79. The first-order valence-corrected chi connectivity index (χ1v) is 10.3. The smallest absolute Gasteiger partial charge is 0.182 e. The van der Waals surface area contributed by atoms with Crippen LogP contribution in [0.2, 0.25) is 0 Å². The van der Waals surface area contributed by atoms with E-state index in [0.29, 0.717) is 11.7 Å². The lowest BCUT2D eigenvalue weighted by atomic mass is 10.0. The SMILES string of the molecule is Cc1cccc2cc(C(C)Nc3ncnc4nc[nH]c34)nc(NC3CCOCC3)c12. The Morgan fingerprint density at radius 1 is 1.13 bits per heavy atom. The van der Waals surface area contributed by atoms with Crippen LogP contribution in [0.25, 0.3) is 21.9 Å². The molecule has 30 heavy (non-hydrogen) atoms. The van der Waals surface area contributed by atoms with Crippen LogP contribution >= 0.6 is 0 Å². The molecule has 5 rings (SSSR count). The molecule has 0 spiro atoms. The van der Waals surface area contributed by atoms with Crippen LogP contribution in [-0.2, 0) is 4.74 Å². The minimum Gasteiger partial charge on any atom is -0.381 e. The molecular formula is C22H25N7O. The molecule has 1 aliphatic heterocycles. The number of benzene rings is 1. The zero-order valence-electron chi connectivity index (χ0n) is 17.1. The fourth-order valence-corrected chi connectivity index (χ4v) is 4.03. The summed E-state index contributed by atoms with van der Waals surface area (Å²) in [7, 11) is 0. The molecule has 1 aliphatic rings. The van der Waals surface area contributed by atoms with Crippen molar-refractivity contribution in [2.75, 3.05) is 23.8 Å². The highest BCUT2D eigenvalue weighted by molar-refractivity contribution is 5.95. The summed E-state index contributed by atoms with van der Waals surface area (Å²) in [5, 5.41) is 9.51. The number of pyridine rings is 1. The number of aryl methyl sites for hydroxylation is 1. The van der Waals surface area contributed by atoms with Gasteiger partial charge >= 0.3 is 0 Å². The molecule has 0 amide bonds. The topological polar surface area (TPSA) is 101 Å². The van der Waals surface area contributed by atoms with Gasteiger partial charge in [0.15, 0.2) is 11.5 Å². The molecule has 1 aromatic carbocycles. The predicted molar refractivity (Wildman–Crippen MR) is 118 cm³/mol. The number of rotatable bonds is 5. The Kier molecular flexibility index (Phi) is 4.92. The van der Waals surface area contributed by atoms with Crippen LogP contribution in [0.5, 0.6) is 0 Å². The predicted octanol–water partition coefficient (Wildman–Crippen LogP) is 3.97. The summed E-state index contributed by atoms with van der Waals surface area (Å²) < 4.78 is 5.51. The number of anilines is 2. The van der Waals surface area contributed by atoms with E-state index >= 15 is 0 Å². The Morgan fingerprint density at radius 2 is 2.00 bits per heavy atom. The summed E-state index contributed by atoms with van der Waals surface area (Å²) in [5.74, 6) is 1.66. The molecule has 154 valence electrons. The van der Waals surface area contributed by atoms with Gasteiger partial charge in [0.1, 0.15) is 17.7 Å². The quantitative estimate of drug-likeness (QED) is 0.463. The summed E-state index contributed by atoms with van der Waals surface area (Å²) in [4.78, 5) is 20.9. The highest BCUT2D eigenvalue weighted by Gasteiger charge is 2.19. The van der Waals surface area contributed by atoms with E-state index in [1.54, 1.807) is 6.33 Å². The lowest BCUT2D eigenvalue weighted by Crippen LogP contribution is -2.28. The van der Waals surface area contributed by atoms with Crippen molar-refractivity contribution in [3.05, 3.63) is 48.2 Å². The van der Waals surface area contributed by atoms with Crippen molar-refractivity contribution in [1.82, 2.24) is 24.9 Å². The molecule has 1 atom stereocenters. The first kappa shape index (κ1) is 18.7. The van der Waals surface area contributed by atoms with Gasteiger partial charge in [0.05, 0.1) is 18.1 Å². The number of nitrogens with zero attached hydrogens (tertiary/aromatic N) is 4. The fraction of sp³-hybridized carbons (Fsp3) is 0.364. The maximum Gasteiger partial charge on any atom is 0.182 e. The molecule has 8 nitrogen and oxygen atoms in total. The van der Waals surface area contributed by atoms with Gasteiger partial charge < -0.3 is 20.4 Å². The molecule has 1 fully saturated rings. The average Bonchev–Trinajstić information content (AvgIpc) is 3.24. The minimum absolute atomic E-state index is 0.0495. The zero-order chi connectivity index (χ0) is 20.5. The number of fused-ring (bicyclic) bond motifs is 2. The van der Waals surface area contributed by atoms with Crippen LogP contribution in [0.1, 0.15) is 37.1 Å². The van der Waals surface area contributed by atoms with Gasteiger partial charge in [-0.1, -0.05) is 18.2 Å². The lowest BCUT2D eigenvalue weighted by molar-refractivity contribution is 0.0904. The van der Waals surface area contributed by atoms with Crippen LogP contribution in [0.15, 0.2) is 36.9 Å². The third-order valence-electron chi connectivity index (χ3n) is 5.67. The van der Waals surface area contributed by atoms with Crippen molar-refractivity contribution in [3.8, 4) is 0 Å². The van der Waals surface area contributed by atoms with Gasteiger partial charge in [0, 0.05) is 24.6 Å². The van der Waals surface area contributed by atoms with Gasteiger partial charge in [-0.05, 0) is 43.7 Å². The van der Waals surface area contributed by atoms with E-state index in [9.17, 15) is 0 Å². The van der Waals surface area contributed by atoms with E-state index in [2.05, 4.69) is 68.7 Å². The van der Waals surface area contributed by atoms with E-state index in [1.807, 2.05) is 0 Å². The molecule has 4 heterocycles. The van der Waals surface area contributed by atoms with Crippen LogP contribution < -0.4 is 10.6 Å². The normalized spacial score (nSPS) is 16.1. The van der Waals surface area contributed by atoms with Gasteiger partial charge in [-0.3, -0.25) is 0 Å². The standard InChI is InChI=1S/C22H25N7O/c1-13-4-3-5-15-10-17(29-20(18(13)15)28-16-6-8-30-9-7-16)14(2)27-22-19-21(24-11-23-19)25-12-26-22/h3-5,10-12,14,16H,6-9H2,1-2H3,(H,28,29)(H2,23,24,25,26,27). The van der Waals surface area contributed by atoms with Crippen LogP contribution in [0, 0.1) is 6.92 Å². The molecule has 0 saturated carbocycles. The summed E-state index contributed by atoms with van der Waals surface area (Å²) >= 11 is 0. The Bertz CT molecular complexity index is 1180. The summed E-state index contributed by atoms with van der Waals surface area (Å²) in [6, 6.07) is 8.85. The Balaban J connectivity index is 1.51. The van der Waals surface area contributed by atoms with Gasteiger partial charge in [-0.25, -0.2) is 19.9 Å². The van der Waals surface area contributed by atoms with E-state index in [1.165, 1.54) is 22.7 Å². The second kappa shape index (κ2) is 7.87. The molecule has 0 bridgehead atoms. The molecule has 0 aliphatic carbocycles. The average molecular weight is 403 g/mol. The van der Waals surface area contributed by atoms with Gasteiger partial charge in [0.25, 0.3) is 0 Å². The molecule has 1 unspecified atom stereocenters. The number of hydrogen-bond donors (Lipinski definition) is 3. The van der Waals surface area contributed by atoms with Gasteiger partial charge in [-0.15, -0.1) is 0 Å². The zero-order valence-corrected chi connectivity index (χ0v) is 17.1. The molecule has 1 saturated heterocycles. The number of H-pyrrole nitrogens is 1. The first-order chi connectivity index (χ1) is 14.7. The van der Waals surface area contributed by atoms with E-state index in [4.69, 9.17) is 9.72 Å². The largest absolute Gasteiger partial charge is 0.381 e. The maximum atomic E-state index is 5.51. The van der Waals surface area contributed by atoms with Crippen molar-refractivity contribution in [3.63, 3.8) is 0 Å². The summed E-state index contributed by atoms with van der Waals surface area (Å²) in [5.41, 5.74) is 3.61. The number of aromatic nitrogens is 5. The Hall–Kier alpha value is -3.26. The molecule has 4 aromatic rings. The third-order valence-corrected chi connectivity index (χ3v) is 5.67. The first-order valence-electron chi connectivity index (χ1n) is 10.3. The Morgan fingerprint density at radius 3 is 2.87 bits per heavy atom. The van der Waals surface area contributed by atoms with E-state index in [-0.39, 0.29) is 6.04 Å². The van der Waals surface area contributed by atoms with Gasteiger partial charge in [-0.2, -0.15) is 0 Å². The van der Waals surface area contributed by atoms with Crippen molar-refractivity contribution in [2.45, 2.75) is 38.8 Å². The van der Waals surface area contributed by atoms with Gasteiger partial charge in [0.2, 0.25) is 0 Å². The van der Waals surface area contributed by atoms with Crippen molar-refractivity contribution >= 4 is 33.6 Å². The molecule has 3 N–H and O–H groups in total. The highest BCUT2D eigenvalue weighted by atomic mass is 16.5. The lowest BCUT2D eigenvalue weighted by Gasteiger charge is -2.25. The van der Waals surface area contributed by atoms with Crippen molar-refractivity contribution in [2.24, 2.45) is 0 Å². The maximum absolute atomic E-state index is 5.51. The van der Waals surface area contributed by atoms with Crippen LogP contribution in [-0.4, -0.2) is 44.2 Å². The monoisotopic (exact) mass is 403 g/mol. The molecule has 8 heteroatoms. The third kappa shape index (κ3) is 3.54. The number of imidazole rings is 1. The summed E-state index contributed by atoms with van der Waals surface area (Å²) in [6.07, 6.45) is 5.13. The molecule has 0 radical (unpaired) electrons. The number of ether oxygens (including phenoxy) is 1. The number of aromatic amines is 1. The van der Waals surface area contributed by atoms with E-state index in [0.717, 1.165) is 48.9 Å². The van der Waals surface area contributed by atoms with E-state index < -0.39 is 0 Å². The molecular weight excluding hydrogens is 378 g/mol.